The van der Waals surface area contributed by atoms with Crippen molar-refractivity contribution < 1.29 is 28.6 Å². The summed E-state index contributed by atoms with van der Waals surface area (Å²) in [7, 11) is 0. The second-order valence-corrected chi connectivity index (χ2v) is 20.6. The van der Waals surface area contributed by atoms with Gasteiger partial charge in [-0.15, -0.1) is 0 Å². The van der Waals surface area contributed by atoms with E-state index in [1.54, 1.807) is 0 Å². The summed E-state index contributed by atoms with van der Waals surface area (Å²) in [5.41, 5.74) is 0. The summed E-state index contributed by atoms with van der Waals surface area (Å²) in [6.07, 6.45) is 73.0. The molecule has 0 aromatic heterocycles. The minimum Gasteiger partial charge on any atom is -0.462 e. The molecule has 0 aromatic carbocycles. The fourth-order valence-electron chi connectivity index (χ4n) is 9.05. The molecule has 0 amide bonds. The molecule has 0 heterocycles. The van der Waals surface area contributed by atoms with Crippen LogP contribution in [0, 0.1) is 0 Å². The predicted octanol–water partition coefficient (Wildman–Crippen LogP) is 20.6. The average Bonchev–Trinajstić information content (AvgIpc) is 3.36. The number of allylic oxidation sites excluding steroid dienone is 8. The van der Waals surface area contributed by atoms with Crippen LogP contribution in [0.1, 0.15) is 323 Å². The summed E-state index contributed by atoms with van der Waals surface area (Å²) in [4.78, 5) is 38.1. The van der Waals surface area contributed by atoms with Crippen LogP contribution in [0.4, 0.5) is 0 Å². The summed E-state index contributed by atoms with van der Waals surface area (Å²) in [5.74, 6) is -0.964. The number of esters is 3. The Morgan fingerprint density at radius 2 is 0.557 bits per heavy atom. The normalized spacial score (nSPS) is 12.3. The van der Waals surface area contributed by atoms with E-state index in [4.69, 9.17) is 14.2 Å². The quantitative estimate of drug-likeness (QED) is 0.0261. The van der Waals surface area contributed by atoms with Crippen molar-refractivity contribution in [3.8, 4) is 0 Å². The van der Waals surface area contributed by atoms with E-state index in [0.717, 1.165) is 64.2 Å². The van der Waals surface area contributed by atoms with Gasteiger partial charge in [-0.2, -0.15) is 0 Å². The zero-order chi connectivity index (χ0) is 50.7. The average molecular weight is 982 g/mol. The van der Waals surface area contributed by atoms with Crippen molar-refractivity contribution in [2.24, 2.45) is 0 Å². The summed E-state index contributed by atoms with van der Waals surface area (Å²) < 4.78 is 16.8. The highest BCUT2D eigenvalue weighted by molar-refractivity contribution is 5.71. The topological polar surface area (TPSA) is 78.9 Å². The van der Waals surface area contributed by atoms with E-state index in [-0.39, 0.29) is 37.5 Å². The molecule has 1 unspecified atom stereocenters. The Bertz CT molecular complexity index is 1220. The lowest BCUT2D eigenvalue weighted by molar-refractivity contribution is -0.166. The summed E-state index contributed by atoms with van der Waals surface area (Å²) in [6, 6.07) is 0. The van der Waals surface area contributed by atoms with Crippen LogP contribution in [0.15, 0.2) is 48.6 Å². The molecular formula is C64H116O6. The minimum atomic E-state index is -0.807. The number of ether oxygens (including phenoxy) is 3. The second-order valence-electron chi connectivity index (χ2n) is 20.6. The summed E-state index contributed by atoms with van der Waals surface area (Å²) >= 11 is 0. The monoisotopic (exact) mass is 981 g/mol. The first kappa shape index (κ1) is 67.4. The van der Waals surface area contributed by atoms with E-state index in [0.29, 0.717) is 19.3 Å². The van der Waals surface area contributed by atoms with Crippen LogP contribution in [0.3, 0.4) is 0 Å². The van der Waals surface area contributed by atoms with Crippen LogP contribution in [-0.4, -0.2) is 37.2 Å². The molecule has 0 radical (unpaired) electrons. The minimum absolute atomic E-state index is 0.0973. The zero-order valence-corrected chi connectivity index (χ0v) is 46.8. The van der Waals surface area contributed by atoms with Crippen LogP contribution in [-0.2, 0) is 28.6 Å². The number of unbranched alkanes of at least 4 members (excludes halogenated alkanes) is 37. The maximum atomic E-state index is 12.8. The third-order valence-electron chi connectivity index (χ3n) is 13.6. The highest BCUT2D eigenvalue weighted by Crippen LogP contribution is 2.18. The Morgan fingerprint density at radius 3 is 0.843 bits per heavy atom. The largest absolute Gasteiger partial charge is 0.462 e. The molecule has 0 N–H and O–H groups in total. The number of carbonyl (C=O) groups excluding carboxylic acids is 3. The van der Waals surface area contributed by atoms with Gasteiger partial charge in [-0.1, -0.05) is 307 Å². The van der Waals surface area contributed by atoms with Gasteiger partial charge in [-0.3, -0.25) is 14.4 Å². The van der Waals surface area contributed by atoms with Gasteiger partial charge < -0.3 is 14.2 Å². The van der Waals surface area contributed by atoms with Crippen molar-refractivity contribution in [2.75, 3.05) is 13.2 Å². The van der Waals surface area contributed by atoms with Crippen LogP contribution in [0.2, 0.25) is 0 Å². The van der Waals surface area contributed by atoms with Gasteiger partial charge in [0, 0.05) is 19.3 Å². The fourth-order valence-corrected chi connectivity index (χ4v) is 9.05. The highest BCUT2D eigenvalue weighted by Gasteiger charge is 2.19. The van der Waals surface area contributed by atoms with Gasteiger partial charge in [-0.25, -0.2) is 0 Å². The van der Waals surface area contributed by atoms with E-state index in [9.17, 15) is 14.4 Å². The molecule has 0 aromatic rings. The van der Waals surface area contributed by atoms with E-state index >= 15 is 0 Å². The van der Waals surface area contributed by atoms with Crippen molar-refractivity contribution in [3.05, 3.63) is 48.6 Å². The lowest BCUT2D eigenvalue weighted by Crippen LogP contribution is -2.30. The van der Waals surface area contributed by atoms with E-state index in [2.05, 4.69) is 63.3 Å². The lowest BCUT2D eigenvalue weighted by Gasteiger charge is -2.18. The molecule has 70 heavy (non-hydrogen) atoms. The van der Waals surface area contributed by atoms with Crippen LogP contribution >= 0.6 is 0 Å². The van der Waals surface area contributed by atoms with Crippen molar-refractivity contribution >= 4 is 17.9 Å². The second kappa shape index (κ2) is 58.9. The molecule has 408 valence electrons. The van der Waals surface area contributed by atoms with Gasteiger partial charge in [0.25, 0.3) is 0 Å². The van der Waals surface area contributed by atoms with E-state index < -0.39 is 6.10 Å². The molecule has 0 rings (SSSR count). The zero-order valence-electron chi connectivity index (χ0n) is 46.8. The highest BCUT2D eigenvalue weighted by atomic mass is 16.6. The molecule has 0 aliphatic rings. The number of hydrogen-bond donors (Lipinski definition) is 0. The van der Waals surface area contributed by atoms with E-state index in [1.807, 2.05) is 6.08 Å². The molecular weight excluding hydrogens is 865 g/mol. The maximum Gasteiger partial charge on any atom is 0.306 e. The van der Waals surface area contributed by atoms with Gasteiger partial charge >= 0.3 is 17.9 Å². The Hall–Kier alpha value is -2.63. The SMILES string of the molecule is CC/C=C\C/C=C\C/C=C\C/C=C\CCC(=O)OC(COC(=O)CCCCCCCCCCCCCC)COC(=O)CCCCCCCCCCCCCCCCCCCCCCCCCCCCC. The van der Waals surface area contributed by atoms with Crippen molar-refractivity contribution in [1.82, 2.24) is 0 Å². The molecule has 0 saturated carbocycles. The standard InChI is InChI=1S/C64H116O6/c1-4-7-10-13-16-19-22-25-26-27-28-29-30-31-32-33-34-35-36-37-38-40-42-45-48-51-54-57-63(66)69-60-61(59-68-62(65)56-53-50-47-44-41-24-21-18-15-12-9-6-3)70-64(67)58-55-52-49-46-43-39-23-20-17-14-11-8-5-2/h8,11,17,20,39,43,49,52,61H,4-7,9-10,12-16,18-19,21-38,40-42,44-48,50-51,53-60H2,1-3H3/b11-8-,20-17-,43-39-,52-49-. The predicted molar refractivity (Wildman–Crippen MR) is 302 cm³/mol. The van der Waals surface area contributed by atoms with Crippen LogP contribution < -0.4 is 0 Å². The Kier molecular flexibility index (Phi) is 56.7. The molecule has 6 nitrogen and oxygen atoms in total. The van der Waals surface area contributed by atoms with Crippen LogP contribution in [0.5, 0.6) is 0 Å². The molecule has 6 heteroatoms. The number of hydrogen-bond acceptors (Lipinski definition) is 6. The molecule has 0 bridgehead atoms. The van der Waals surface area contributed by atoms with Gasteiger partial charge in [-0.05, 0) is 44.9 Å². The third kappa shape index (κ3) is 56.3. The first-order valence-corrected chi connectivity index (χ1v) is 30.6. The first-order chi connectivity index (χ1) is 34.5. The smallest absolute Gasteiger partial charge is 0.306 e. The van der Waals surface area contributed by atoms with Gasteiger partial charge in [0.2, 0.25) is 0 Å². The van der Waals surface area contributed by atoms with Gasteiger partial charge in [0.1, 0.15) is 13.2 Å². The Balaban J connectivity index is 4.18. The lowest BCUT2D eigenvalue weighted by atomic mass is 10.0. The Labute approximate surface area is 435 Å². The summed E-state index contributed by atoms with van der Waals surface area (Å²) in [5, 5.41) is 0. The molecule has 0 fully saturated rings. The molecule has 0 aliphatic carbocycles. The fraction of sp³-hybridized carbons (Fsp3) is 0.828. The van der Waals surface area contributed by atoms with Crippen molar-refractivity contribution in [3.63, 3.8) is 0 Å². The summed E-state index contributed by atoms with van der Waals surface area (Å²) in [6.45, 7) is 6.50. The molecule has 0 aliphatic heterocycles. The molecule has 0 spiro atoms. The van der Waals surface area contributed by atoms with Crippen LogP contribution in [0.25, 0.3) is 0 Å². The van der Waals surface area contributed by atoms with Gasteiger partial charge in [0.05, 0.1) is 0 Å². The number of carbonyl (C=O) groups is 3. The molecule has 0 saturated heterocycles. The first-order valence-electron chi connectivity index (χ1n) is 30.6. The molecule has 1 atom stereocenters. The third-order valence-corrected chi connectivity index (χ3v) is 13.6. The van der Waals surface area contributed by atoms with Gasteiger partial charge in [0.15, 0.2) is 6.10 Å². The number of rotatable bonds is 56. The maximum absolute atomic E-state index is 12.8. The Morgan fingerprint density at radius 1 is 0.300 bits per heavy atom. The van der Waals surface area contributed by atoms with Crippen molar-refractivity contribution in [2.45, 2.75) is 329 Å². The van der Waals surface area contributed by atoms with Crippen molar-refractivity contribution in [1.29, 1.82) is 0 Å². The van der Waals surface area contributed by atoms with E-state index in [1.165, 1.54) is 212 Å².